The maximum Gasteiger partial charge on any atom is 0.251 e. The Morgan fingerprint density at radius 2 is 1.82 bits per heavy atom. The first-order valence-corrected chi connectivity index (χ1v) is 7.80. The van der Waals surface area contributed by atoms with Crippen molar-refractivity contribution >= 4 is 17.5 Å². The first-order valence-electron chi connectivity index (χ1n) is 7.80. The smallest absolute Gasteiger partial charge is 0.251 e. The van der Waals surface area contributed by atoms with Gasteiger partial charge in [0.2, 0.25) is 0 Å². The van der Waals surface area contributed by atoms with Gasteiger partial charge in [-0.2, -0.15) is 10.1 Å². The van der Waals surface area contributed by atoms with E-state index in [1.807, 2.05) is 0 Å². The molecule has 22 heavy (non-hydrogen) atoms. The third kappa shape index (κ3) is 2.39. The van der Waals surface area contributed by atoms with E-state index >= 15 is 0 Å². The molecule has 1 aromatic carbocycles. The van der Waals surface area contributed by atoms with E-state index in [1.54, 1.807) is 6.20 Å². The lowest BCUT2D eigenvalue weighted by molar-refractivity contribution is 0.312. The van der Waals surface area contributed by atoms with E-state index in [2.05, 4.69) is 56.2 Å². The van der Waals surface area contributed by atoms with Gasteiger partial charge >= 0.3 is 0 Å². The summed E-state index contributed by atoms with van der Waals surface area (Å²) >= 11 is 0. The lowest BCUT2D eigenvalue weighted by atomic mass is 10.2. The number of hydrogen-bond acceptors (Lipinski definition) is 6. The molecule has 0 saturated carbocycles. The minimum atomic E-state index is 0.710. The van der Waals surface area contributed by atoms with Gasteiger partial charge in [0.05, 0.1) is 6.20 Å². The predicted octanol–water partition coefficient (Wildman–Crippen LogP) is 1.32. The topological polar surface area (TPSA) is 48.4 Å². The normalized spacial score (nSPS) is 18.6. The highest BCUT2D eigenvalue weighted by Crippen LogP contribution is 2.32. The summed E-state index contributed by atoms with van der Waals surface area (Å²) in [5, 5.41) is 8.44. The Bertz CT molecular complexity index is 665. The Kier molecular flexibility index (Phi) is 3.38. The van der Waals surface area contributed by atoms with Crippen LogP contribution in [0, 0.1) is 0 Å². The standard InChI is InChI=1S/C16H20N6/c1-20-8-10-21(11-9-20)15-12-17-19-16(18-15)22-7-6-13-4-2-3-5-14(13)22/h2-5,12H,6-11H2,1H3. The SMILES string of the molecule is CN1CCN(c2cnnc(N3CCc4ccccc43)n2)CC1. The third-order valence-corrected chi connectivity index (χ3v) is 4.49. The molecule has 1 aromatic heterocycles. The molecule has 4 rings (SSSR count). The molecule has 0 aliphatic carbocycles. The molecule has 114 valence electrons. The number of anilines is 3. The van der Waals surface area contributed by atoms with Crippen molar-refractivity contribution in [2.75, 3.05) is 49.6 Å². The first kappa shape index (κ1) is 13.5. The molecule has 0 spiro atoms. The van der Waals surface area contributed by atoms with Gasteiger partial charge in [0.1, 0.15) is 0 Å². The largest absolute Gasteiger partial charge is 0.353 e. The van der Waals surface area contributed by atoms with E-state index in [0.29, 0.717) is 5.95 Å². The number of fused-ring (bicyclic) bond motifs is 1. The Morgan fingerprint density at radius 1 is 1.00 bits per heavy atom. The Morgan fingerprint density at radius 3 is 2.68 bits per heavy atom. The fourth-order valence-corrected chi connectivity index (χ4v) is 3.13. The molecule has 2 aliphatic heterocycles. The summed E-state index contributed by atoms with van der Waals surface area (Å²) in [5.41, 5.74) is 2.57. The van der Waals surface area contributed by atoms with Gasteiger partial charge in [-0.25, -0.2) is 0 Å². The van der Waals surface area contributed by atoms with Crippen LogP contribution >= 0.6 is 0 Å². The zero-order valence-corrected chi connectivity index (χ0v) is 12.8. The lowest BCUT2D eigenvalue weighted by Gasteiger charge is -2.33. The average Bonchev–Trinajstić information content (AvgIpc) is 3.00. The highest BCUT2D eigenvalue weighted by molar-refractivity contribution is 5.66. The summed E-state index contributed by atoms with van der Waals surface area (Å²) in [5.74, 6) is 1.64. The second kappa shape index (κ2) is 5.53. The summed E-state index contributed by atoms with van der Waals surface area (Å²) in [6.45, 7) is 5.03. The number of para-hydroxylation sites is 1. The quantitative estimate of drug-likeness (QED) is 0.833. The van der Waals surface area contributed by atoms with Crippen molar-refractivity contribution in [2.24, 2.45) is 0 Å². The van der Waals surface area contributed by atoms with Gasteiger partial charge in [-0.3, -0.25) is 0 Å². The number of aromatic nitrogens is 3. The Hall–Kier alpha value is -2.21. The molecule has 6 nitrogen and oxygen atoms in total. The van der Waals surface area contributed by atoms with Crippen LogP contribution in [0.5, 0.6) is 0 Å². The molecule has 0 N–H and O–H groups in total. The first-order chi connectivity index (χ1) is 10.8. The van der Waals surface area contributed by atoms with Crippen molar-refractivity contribution in [3.05, 3.63) is 36.0 Å². The second-order valence-corrected chi connectivity index (χ2v) is 5.94. The average molecular weight is 296 g/mol. The fraction of sp³-hybridized carbons (Fsp3) is 0.438. The van der Waals surface area contributed by atoms with Crippen LogP contribution in [-0.4, -0.2) is 59.9 Å². The summed E-state index contributed by atoms with van der Waals surface area (Å²) in [7, 11) is 2.15. The predicted molar refractivity (Wildman–Crippen MR) is 86.7 cm³/mol. The van der Waals surface area contributed by atoms with Crippen molar-refractivity contribution < 1.29 is 0 Å². The molecule has 0 atom stereocenters. The van der Waals surface area contributed by atoms with Crippen molar-refractivity contribution in [1.29, 1.82) is 0 Å². The van der Waals surface area contributed by atoms with Crippen LogP contribution in [0.2, 0.25) is 0 Å². The number of hydrogen-bond donors (Lipinski definition) is 0. The summed E-state index contributed by atoms with van der Waals surface area (Å²) in [6.07, 6.45) is 2.81. The van der Waals surface area contributed by atoms with Gasteiger partial charge in [-0.1, -0.05) is 18.2 Å². The maximum atomic E-state index is 4.76. The Labute approximate surface area is 130 Å². The molecular formula is C16H20N6. The number of piperazine rings is 1. The van der Waals surface area contributed by atoms with Gasteiger partial charge in [0.15, 0.2) is 5.82 Å². The molecule has 0 unspecified atom stereocenters. The molecular weight excluding hydrogens is 276 g/mol. The third-order valence-electron chi connectivity index (χ3n) is 4.49. The molecule has 3 heterocycles. The van der Waals surface area contributed by atoms with Gasteiger partial charge in [-0.05, 0) is 25.1 Å². The monoisotopic (exact) mass is 296 g/mol. The second-order valence-electron chi connectivity index (χ2n) is 5.94. The summed E-state index contributed by atoms with van der Waals surface area (Å²) in [6, 6.07) is 8.46. The van der Waals surface area contributed by atoms with Crippen LogP contribution in [0.3, 0.4) is 0 Å². The van der Waals surface area contributed by atoms with Crippen molar-refractivity contribution in [3.63, 3.8) is 0 Å². The van der Waals surface area contributed by atoms with Crippen molar-refractivity contribution in [3.8, 4) is 0 Å². The minimum Gasteiger partial charge on any atom is -0.353 e. The lowest BCUT2D eigenvalue weighted by Crippen LogP contribution is -2.45. The van der Waals surface area contributed by atoms with E-state index in [4.69, 9.17) is 4.98 Å². The van der Waals surface area contributed by atoms with Crippen molar-refractivity contribution in [2.45, 2.75) is 6.42 Å². The molecule has 0 bridgehead atoms. The molecule has 2 aliphatic rings. The molecule has 0 radical (unpaired) electrons. The number of nitrogens with zero attached hydrogens (tertiary/aromatic N) is 6. The highest BCUT2D eigenvalue weighted by Gasteiger charge is 2.23. The van der Waals surface area contributed by atoms with E-state index in [9.17, 15) is 0 Å². The zero-order valence-electron chi connectivity index (χ0n) is 12.8. The number of rotatable bonds is 2. The van der Waals surface area contributed by atoms with Gasteiger partial charge < -0.3 is 14.7 Å². The van der Waals surface area contributed by atoms with Gasteiger partial charge in [-0.15, -0.1) is 5.10 Å². The fourth-order valence-electron chi connectivity index (χ4n) is 3.13. The highest BCUT2D eigenvalue weighted by atomic mass is 15.4. The van der Waals surface area contributed by atoms with E-state index in [0.717, 1.165) is 45.0 Å². The van der Waals surface area contributed by atoms with E-state index in [1.165, 1.54) is 11.3 Å². The van der Waals surface area contributed by atoms with E-state index < -0.39 is 0 Å². The van der Waals surface area contributed by atoms with Crippen LogP contribution in [-0.2, 0) is 6.42 Å². The molecule has 1 saturated heterocycles. The van der Waals surface area contributed by atoms with Crippen LogP contribution in [0.15, 0.2) is 30.5 Å². The number of benzene rings is 1. The molecule has 1 fully saturated rings. The number of likely N-dealkylation sites (N-methyl/N-ethyl adjacent to an activating group) is 1. The van der Waals surface area contributed by atoms with Crippen LogP contribution in [0.1, 0.15) is 5.56 Å². The molecule has 0 amide bonds. The minimum absolute atomic E-state index is 0.710. The van der Waals surface area contributed by atoms with Crippen LogP contribution in [0.4, 0.5) is 17.5 Å². The maximum absolute atomic E-state index is 4.76. The van der Waals surface area contributed by atoms with Crippen LogP contribution < -0.4 is 9.80 Å². The summed E-state index contributed by atoms with van der Waals surface area (Å²) in [4.78, 5) is 11.6. The van der Waals surface area contributed by atoms with Gasteiger partial charge in [0.25, 0.3) is 5.95 Å². The van der Waals surface area contributed by atoms with Gasteiger partial charge in [0, 0.05) is 38.4 Å². The van der Waals surface area contributed by atoms with E-state index in [-0.39, 0.29) is 0 Å². The summed E-state index contributed by atoms with van der Waals surface area (Å²) < 4.78 is 0. The zero-order chi connectivity index (χ0) is 14.9. The van der Waals surface area contributed by atoms with Crippen molar-refractivity contribution in [1.82, 2.24) is 20.1 Å². The van der Waals surface area contributed by atoms with Crippen LogP contribution in [0.25, 0.3) is 0 Å². The molecule has 2 aromatic rings. The molecule has 6 heteroatoms. The Balaban J connectivity index is 1.60.